The molecule has 0 bridgehead atoms. The largest absolute Gasteiger partial charge is 0.351 e. The summed E-state index contributed by atoms with van der Waals surface area (Å²) in [5.41, 5.74) is 0. The molecule has 1 amide bonds. The van der Waals surface area contributed by atoms with Gasteiger partial charge in [-0.2, -0.15) is 0 Å². The Morgan fingerprint density at radius 1 is 1.41 bits per heavy atom. The number of carbonyl (C=O) groups is 1. The van der Waals surface area contributed by atoms with Crippen LogP contribution in [-0.2, 0) is 11.3 Å². The van der Waals surface area contributed by atoms with Gasteiger partial charge in [-0.15, -0.1) is 11.3 Å². The SMILES string of the molecule is CCC1CCC(C(=O)NCc2cccs2)CC1. The van der Waals surface area contributed by atoms with E-state index in [2.05, 4.69) is 18.3 Å². The van der Waals surface area contributed by atoms with Crippen LogP contribution >= 0.6 is 11.3 Å². The molecule has 0 radical (unpaired) electrons. The van der Waals surface area contributed by atoms with Crippen LogP contribution in [0, 0.1) is 11.8 Å². The Morgan fingerprint density at radius 3 is 2.76 bits per heavy atom. The van der Waals surface area contributed by atoms with Gasteiger partial charge >= 0.3 is 0 Å². The van der Waals surface area contributed by atoms with Crippen LogP contribution in [0.25, 0.3) is 0 Å². The molecule has 1 aliphatic rings. The van der Waals surface area contributed by atoms with Crippen LogP contribution in [0.15, 0.2) is 17.5 Å². The van der Waals surface area contributed by atoms with Crippen molar-refractivity contribution in [2.75, 3.05) is 0 Å². The van der Waals surface area contributed by atoms with E-state index in [1.54, 1.807) is 11.3 Å². The summed E-state index contributed by atoms with van der Waals surface area (Å²) in [7, 11) is 0. The molecule has 2 nitrogen and oxygen atoms in total. The third-order valence-corrected chi connectivity index (χ3v) is 4.69. The molecule has 94 valence electrons. The van der Waals surface area contributed by atoms with E-state index in [1.165, 1.54) is 24.1 Å². The van der Waals surface area contributed by atoms with Gasteiger partial charge in [-0.05, 0) is 43.0 Å². The summed E-state index contributed by atoms with van der Waals surface area (Å²) in [6.07, 6.45) is 5.88. The molecule has 3 heteroatoms. The lowest BCUT2D eigenvalue weighted by Gasteiger charge is -2.26. The Kier molecular flexibility index (Phi) is 4.60. The second-order valence-corrected chi connectivity index (χ2v) is 5.96. The number of nitrogens with one attached hydrogen (secondary N) is 1. The molecule has 17 heavy (non-hydrogen) atoms. The highest BCUT2D eigenvalue weighted by Gasteiger charge is 2.25. The maximum absolute atomic E-state index is 12.0. The Bertz CT molecular complexity index is 339. The van der Waals surface area contributed by atoms with Gasteiger partial charge in [0.15, 0.2) is 0 Å². The zero-order valence-electron chi connectivity index (χ0n) is 10.4. The summed E-state index contributed by atoms with van der Waals surface area (Å²) in [5.74, 6) is 1.38. The highest BCUT2D eigenvalue weighted by molar-refractivity contribution is 7.09. The average Bonchev–Trinajstić information content (AvgIpc) is 2.89. The van der Waals surface area contributed by atoms with Crippen molar-refractivity contribution in [1.82, 2.24) is 5.32 Å². The second-order valence-electron chi connectivity index (χ2n) is 4.92. The van der Waals surface area contributed by atoms with Crippen molar-refractivity contribution in [2.24, 2.45) is 11.8 Å². The highest BCUT2D eigenvalue weighted by Crippen LogP contribution is 2.30. The minimum atomic E-state index is 0.257. The molecule has 1 aromatic rings. The summed E-state index contributed by atoms with van der Waals surface area (Å²) >= 11 is 1.70. The van der Waals surface area contributed by atoms with E-state index in [0.29, 0.717) is 6.54 Å². The molecule has 1 heterocycles. The van der Waals surface area contributed by atoms with Crippen LogP contribution in [-0.4, -0.2) is 5.91 Å². The van der Waals surface area contributed by atoms with E-state index in [0.717, 1.165) is 18.8 Å². The van der Waals surface area contributed by atoms with Crippen molar-refractivity contribution in [1.29, 1.82) is 0 Å². The first-order valence-electron chi connectivity index (χ1n) is 6.59. The van der Waals surface area contributed by atoms with Crippen LogP contribution in [0.3, 0.4) is 0 Å². The number of hydrogen-bond acceptors (Lipinski definition) is 2. The Labute approximate surface area is 107 Å². The lowest BCUT2D eigenvalue weighted by molar-refractivity contribution is -0.126. The number of carbonyl (C=O) groups excluding carboxylic acids is 1. The van der Waals surface area contributed by atoms with Crippen molar-refractivity contribution in [3.8, 4) is 0 Å². The average molecular weight is 251 g/mol. The zero-order valence-corrected chi connectivity index (χ0v) is 11.3. The van der Waals surface area contributed by atoms with Gasteiger partial charge in [-0.3, -0.25) is 4.79 Å². The molecular weight excluding hydrogens is 230 g/mol. The van der Waals surface area contributed by atoms with Crippen molar-refractivity contribution in [3.63, 3.8) is 0 Å². The molecule has 1 fully saturated rings. The number of hydrogen-bond donors (Lipinski definition) is 1. The Morgan fingerprint density at radius 2 is 2.18 bits per heavy atom. The minimum Gasteiger partial charge on any atom is -0.351 e. The van der Waals surface area contributed by atoms with Gasteiger partial charge < -0.3 is 5.32 Å². The maximum atomic E-state index is 12.0. The summed E-state index contributed by atoms with van der Waals surface area (Å²) in [4.78, 5) is 13.2. The minimum absolute atomic E-state index is 0.257. The van der Waals surface area contributed by atoms with Gasteiger partial charge in [0.2, 0.25) is 5.91 Å². The van der Waals surface area contributed by atoms with Crippen molar-refractivity contribution < 1.29 is 4.79 Å². The third kappa shape index (κ3) is 3.56. The molecule has 0 atom stereocenters. The highest BCUT2D eigenvalue weighted by atomic mass is 32.1. The van der Waals surface area contributed by atoms with Gasteiger partial charge in [0.25, 0.3) is 0 Å². The molecule has 0 saturated heterocycles. The third-order valence-electron chi connectivity index (χ3n) is 3.81. The van der Waals surface area contributed by atoms with Crippen LogP contribution < -0.4 is 5.32 Å². The quantitative estimate of drug-likeness (QED) is 0.870. The van der Waals surface area contributed by atoms with E-state index in [-0.39, 0.29) is 11.8 Å². The normalized spacial score (nSPS) is 24.5. The second kappa shape index (κ2) is 6.20. The van der Waals surface area contributed by atoms with Crippen molar-refractivity contribution >= 4 is 17.2 Å². The molecule has 0 spiro atoms. The number of amides is 1. The molecule has 0 aliphatic heterocycles. The van der Waals surface area contributed by atoms with Crippen LogP contribution in [0.2, 0.25) is 0 Å². The Balaban J connectivity index is 1.73. The zero-order chi connectivity index (χ0) is 12.1. The summed E-state index contributed by atoms with van der Waals surface area (Å²) < 4.78 is 0. The summed E-state index contributed by atoms with van der Waals surface area (Å²) in [6.45, 7) is 2.95. The predicted molar refractivity (Wildman–Crippen MR) is 71.9 cm³/mol. The predicted octanol–water partition coefficient (Wildman–Crippen LogP) is 3.58. The van der Waals surface area contributed by atoms with Gasteiger partial charge in [-0.1, -0.05) is 19.4 Å². The molecule has 0 unspecified atom stereocenters. The fourth-order valence-electron chi connectivity index (χ4n) is 2.56. The van der Waals surface area contributed by atoms with Crippen molar-refractivity contribution in [2.45, 2.75) is 45.6 Å². The fraction of sp³-hybridized carbons (Fsp3) is 0.643. The first-order valence-corrected chi connectivity index (χ1v) is 7.47. The molecular formula is C14H21NOS. The molecule has 2 rings (SSSR count). The molecule has 1 saturated carbocycles. The summed E-state index contributed by atoms with van der Waals surface area (Å²) in [5, 5.41) is 5.11. The lowest BCUT2D eigenvalue weighted by atomic mass is 9.80. The fourth-order valence-corrected chi connectivity index (χ4v) is 3.21. The van der Waals surface area contributed by atoms with E-state index < -0.39 is 0 Å². The van der Waals surface area contributed by atoms with Crippen LogP contribution in [0.5, 0.6) is 0 Å². The van der Waals surface area contributed by atoms with Crippen LogP contribution in [0.1, 0.15) is 43.9 Å². The molecule has 1 aliphatic carbocycles. The first kappa shape index (κ1) is 12.6. The molecule has 1 aromatic heterocycles. The van der Waals surface area contributed by atoms with Gasteiger partial charge in [0.05, 0.1) is 6.54 Å². The van der Waals surface area contributed by atoms with E-state index in [1.807, 2.05) is 11.4 Å². The van der Waals surface area contributed by atoms with Crippen LogP contribution in [0.4, 0.5) is 0 Å². The summed E-state index contributed by atoms with van der Waals surface area (Å²) in [6, 6.07) is 4.09. The molecule has 0 aromatic carbocycles. The van der Waals surface area contributed by atoms with Gasteiger partial charge in [-0.25, -0.2) is 0 Å². The van der Waals surface area contributed by atoms with Gasteiger partial charge in [0.1, 0.15) is 0 Å². The van der Waals surface area contributed by atoms with E-state index in [9.17, 15) is 4.79 Å². The number of thiophene rings is 1. The maximum Gasteiger partial charge on any atom is 0.223 e. The first-order chi connectivity index (χ1) is 8.29. The monoisotopic (exact) mass is 251 g/mol. The lowest BCUT2D eigenvalue weighted by Crippen LogP contribution is -2.32. The Hall–Kier alpha value is -0.830. The molecule has 1 N–H and O–H groups in total. The smallest absolute Gasteiger partial charge is 0.223 e. The topological polar surface area (TPSA) is 29.1 Å². The standard InChI is InChI=1S/C14H21NOS/c1-2-11-5-7-12(8-6-11)14(16)15-10-13-4-3-9-17-13/h3-4,9,11-12H,2,5-8,10H2,1H3,(H,15,16). The van der Waals surface area contributed by atoms with Crippen molar-refractivity contribution in [3.05, 3.63) is 22.4 Å². The number of rotatable bonds is 4. The van der Waals surface area contributed by atoms with E-state index >= 15 is 0 Å². The van der Waals surface area contributed by atoms with Gasteiger partial charge in [0, 0.05) is 10.8 Å². The van der Waals surface area contributed by atoms with E-state index in [4.69, 9.17) is 0 Å².